The number of nitrogens with zero attached hydrogens (tertiary/aromatic N) is 2. The smallest absolute Gasteiger partial charge is 0.245 e. The molecule has 3 aliphatic rings. The highest BCUT2D eigenvalue weighted by Gasteiger charge is 2.37. The Balaban J connectivity index is 1.44. The van der Waals surface area contributed by atoms with Gasteiger partial charge in [-0.05, 0) is 19.4 Å². The second-order valence-corrected chi connectivity index (χ2v) is 6.24. The molecule has 3 rings (SSSR count). The van der Waals surface area contributed by atoms with Gasteiger partial charge in [-0.3, -0.25) is 14.5 Å². The molecule has 3 N–H and O–H groups in total. The van der Waals surface area contributed by atoms with E-state index in [0.717, 1.165) is 57.9 Å². The molecule has 0 saturated carbocycles. The van der Waals surface area contributed by atoms with Crippen molar-refractivity contribution in [2.75, 3.05) is 45.9 Å². The molecule has 0 spiro atoms. The molecule has 2 unspecified atom stereocenters. The molecular weight excluding hydrogens is 298 g/mol. The standard InChI is InChI=1S/C15H25N5O3/c21-13(16-4-5-20-6-8-23-9-7-20)10-12-14-11(2-1-3-17-14)15(22)19-18-12/h11,14,17H,1-10H2,(H,16,21)(H,19,22). The molecule has 0 aliphatic carbocycles. The van der Waals surface area contributed by atoms with Gasteiger partial charge in [-0.2, -0.15) is 5.10 Å². The lowest BCUT2D eigenvalue weighted by molar-refractivity contribution is -0.127. The largest absolute Gasteiger partial charge is 0.379 e. The number of hydrogen-bond acceptors (Lipinski definition) is 6. The fourth-order valence-electron chi connectivity index (χ4n) is 3.36. The Morgan fingerprint density at radius 2 is 2.22 bits per heavy atom. The van der Waals surface area contributed by atoms with Crippen LogP contribution >= 0.6 is 0 Å². The first-order chi connectivity index (χ1) is 11.2. The first-order valence-corrected chi connectivity index (χ1v) is 8.40. The summed E-state index contributed by atoms with van der Waals surface area (Å²) in [5, 5.41) is 10.4. The van der Waals surface area contributed by atoms with E-state index in [0.29, 0.717) is 6.54 Å². The van der Waals surface area contributed by atoms with E-state index < -0.39 is 0 Å². The van der Waals surface area contributed by atoms with Crippen LogP contribution in [-0.2, 0) is 14.3 Å². The van der Waals surface area contributed by atoms with Gasteiger partial charge in [-0.25, -0.2) is 5.43 Å². The van der Waals surface area contributed by atoms with E-state index in [4.69, 9.17) is 4.74 Å². The summed E-state index contributed by atoms with van der Waals surface area (Å²) in [7, 11) is 0. The van der Waals surface area contributed by atoms with Crippen molar-refractivity contribution in [3.8, 4) is 0 Å². The van der Waals surface area contributed by atoms with Crippen LogP contribution in [0.15, 0.2) is 5.10 Å². The maximum Gasteiger partial charge on any atom is 0.245 e. The molecule has 3 aliphatic heterocycles. The van der Waals surface area contributed by atoms with Gasteiger partial charge in [-0.15, -0.1) is 0 Å². The van der Waals surface area contributed by atoms with Crippen LogP contribution in [-0.4, -0.2) is 74.4 Å². The van der Waals surface area contributed by atoms with Crippen LogP contribution in [0.2, 0.25) is 0 Å². The van der Waals surface area contributed by atoms with E-state index in [1.807, 2.05) is 0 Å². The van der Waals surface area contributed by atoms with Crippen molar-refractivity contribution in [3.05, 3.63) is 0 Å². The Labute approximate surface area is 136 Å². The molecule has 2 atom stereocenters. The van der Waals surface area contributed by atoms with Crippen LogP contribution in [0, 0.1) is 5.92 Å². The normalized spacial score (nSPS) is 28.5. The molecular formula is C15H25N5O3. The summed E-state index contributed by atoms with van der Waals surface area (Å²) in [6.07, 6.45) is 2.06. The average molecular weight is 323 g/mol. The molecule has 0 aromatic heterocycles. The quantitative estimate of drug-likeness (QED) is 0.583. The number of hydrogen-bond donors (Lipinski definition) is 3. The highest BCUT2D eigenvalue weighted by atomic mass is 16.5. The molecule has 8 nitrogen and oxygen atoms in total. The van der Waals surface area contributed by atoms with Crippen LogP contribution in [0.25, 0.3) is 0 Å². The van der Waals surface area contributed by atoms with Crippen molar-refractivity contribution in [2.45, 2.75) is 25.3 Å². The van der Waals surface area contributed by atoms with E-state index in [9.17, 15) is 9.59 Å². The molecule has 8 heteroatoms. The van der Waals surface area contributed by atoms with E-state index in [-0.39, 0.29) is 30.2 Å². The molecule has 0 aromatic rings. The fraction of sp³-hybridized carbons (Fsp3) is 0.800. The van der Waals surface area contributed by atoms with Gasteiger partial charge in [0.1, 0.15) is 0 Å². The van der Waals surface area contributed by atoms with Crippen LogP contribution in [0.3, 0.4) is 0 Å². The molecule has 0 bridgehead atoms. The third-order valence-electron chi connectivity index (χ3n) is 4.66. The monoisotopic (exact) mass is 323 g/mol. The molecule has 2 fully saturated rings. The van der Waals surface area contributed by atoms with Crippen molar-refractivity contribution in [3.63, 3.8) is 0 Å². The molecule has 128 valence electrons. The molecule has 0 radical (unpaired) electrons. The van der Waals surface area contributed by atoms with Crippen LogP contribution in [0.1, 0.15) is 19.3 Å². The Bertz CT molecular complexity index is 476. The number of carbonyl (C=O) groups excluding carboxylic acids is 2. The minimum Gasteiger partial charge on any atom is -0.379 e. The Morgan fingerprint density at radius 1 is 1.39 bits per heavy atom. The lowest BCUT2D eigenvalue weighted by Crippen LogP contribution is -2.56. The van der Waals surface area contributed by atoms with Crippen LogP contribution < -0.4 is 16.1 Å². The number of nitrogens with one attached hydrogen (secondary N) is 3. The van der Waals surface area contributed by atoms with Crippen molar-refractivity contribution in [1.29, 1.82) is 0 Å². The van der Waals surface area contributed by atoms with Crippen molar-refractivity contribution >= 4 is 17.5 Å². The lowest BCUT2D eigenvalue weighted by Gasteiger charge is -2.34. The van der Waals surface area contributed by atoms with Gasteiger partial charge in [0.2, 0.25) is 11.8 Å². The molecule has 3 heterocycles. The van der Waals surface area contributed by atoms with Gasteiger partial charge in [0.25, 0.3) is 0 Å². The van der Waals surface area contributed by atoms with Gasteiger partial charge in [-0.1, -0.05) is 0 Å². The van der Waals surface area contributed by atoms with Crippen molar-refractivity contribution < 1.29 is 14.3 Å². The predicted molar refractivity (Wildman–Crippen MR) is 85.0 cm³/mol. The highest BCUT2D eigenvalue weighted by Crippen LogP contribution is 2.21. The minimum atomic E-state index is -0.0996. The topological polar surface area (TPSA) is 95.1 Å². The number of morpholine rings is 1. The van der Waals surface area contributed by atoms with Gasteiger partial charge in [0.15, 0.2) is 0 Å². The first kappa shape index (κ1) is 16.4. The van der Waals surface area contributed by atoms with Gasteiger partial charge in [0.05, 0.1) is 37.3 Å². The zero-order valence-corrected chi connectivity index (χ0v) is 13.3. The molecule has 23 heavy (non-hydrogen) atoms. The Kier molecular flexibility index (Phi) is 5.58. The summed E-state index contributed by atoms with van der Waals surface area (Å²) in [5.41, 5.74) is 3.29. The van der Waals surface area contributed by atoms with Gasteiger partial charge >= 0.3 is 0 Å². The third-order valence-corrected chi connectivity index (χ3v) is 4.66. The van der Waals surface area contributed by atoms with E-state index in [1.165, 1.54) is 0 Å². The van der Waals surface area contributed by atoms with Crippen molar-refractivity contribution in [1.82, 2.24) is 21.0 Å². The summed E-state index contributed by atoms with van der Waals surface area (Å²) in [6, 6.07) is -0.0949. The van der Waals surface area contributed by atoms with E-state index in [2.05, 4.69) is 26.1 Å². The van der Waals surface area contributed by atoms with E-state index in [1.54, 1.807) is 0 Å². The maximum absolute atomic E-state index is 12.1. The Morgan fingerprint density at radius 3 is 3.04 bits per heavy atom. The SMILES string of the molecule is O=C(CC1=NNC(=O)C2CCCNC12)NCCN1CCOCC1. The van der Waals surface area contributed by atoms with Gasteiger partial charge < -0.3 is 15.4 Å². The van der Waals surface area contributed by atoms with Crippen LogP contribution in [0.4, 0.5) is 0 Å². The summed E-state index contributed by atoms with van der Waals surface area (Å²) < 4.78 is 5.30. The number of rotatable bonds is 5. The summed E-state index contributed by atoms with van der Waals surface area (Å²) in [4.78, 5) is 26.2. The van der Waals surface area contributed by atoms with Crippen LogP contribution in [0.5, 0.6) is 0 Å². The molecule has 2 amide bonds. The van der Waals surface area contributed by atoms with E-state index >= 15 is 0 Å². The third kappa shape index (κ3) is 4.27. The zero-order chi connectivity index (χ0) is 16.1. The zero-order valence-electron chi connectivity index (χ0n) is 13.3. The second-order valence-electron chi connectivity index (χ2n) is 6.24. The summed E-state index contributed by atoms with van der Waals surface area (Å²) in [6.45, 7) is 5.69. The highest BCUT2D eigenvalue weighted by molar-refractivity contribution is 6.07. The summed E-state index contributed by atoms with van der Waals surface area (Å²) in [5.74, 6) is -0.185. The molecule has 2 saturated heterocycles. The first-order valence-electron chi connectivity index (χ1n) is 8.40. The average Bonchev–Trinajstić information content (AvgIpc) is 2.59. The predicted octanol–water partition coefficient (Wildman–Crippen LogP) is -1.32. The van der Waals surface area contributed by atoms with Gasteiger partial charge in [0, 0.05) is 26.2 Å². The number of piperidine rings is 1. The summed E-state index contributed by atoms with van der Waals surface area (Å²) >= 11 is 0. The lowest BCUT2D eigenvalue weighted by atomic mass is 9.85. The second kappa shape index (κ2) is 7.85. The maximum atomic E-state index is 12.1. The Hall–Kier alpha value is -1.51. The minimum absolute atomic E-state index is 0.0423. The number of ether oxygens (including phenoxy) is 1. The molecule has 0 aromatic carbocycles. The van der Waals surface area contributed by atoms with Crippen molar-refractivity contribution in [2.24, 2.45) is 11.0 Å². The number of amides is 2. The number of hydrazone groups is 1. The number of fused-ring (bicyclic) bond motifs is 1. The number of carbonyl (C=O) groups is 2. The fourth-order valence-corrected chi connectivity index (χ4v) is 3.36.